The van der Waals surface area contributed by atoms with Gasteiger partial charge >= 0.3 is 0 Å². The van der Waals surface area contributed by atoms with Crippen molar-refractivity contribution in [3.63, 3.8) is 0 Å². The molecule has 0 radical (unpaired) electrons. The van der Waals surface area contributed by atoms with E-state index in [-0.39, 0.29) is 27.1 Å². The summed E-state index contributed by atoms with van der Waals surface area (Å²) in [5.41, 5.74) is 33.2. The Morgan fingerprint density at radius 2 is 0.377 bits per heavy atom. The zero-order valence-electron chi connectivity index (χ0n) is 46.0. The van der Waals surface area contributed by atoms with E-state index < -0.39 is 0 Å². The lowest BCUT2D eigenvalue weighted by molar-refractivity contribution is 0.659. The maximum Gasteiger partial charge on any atom is 0.0468 e. The van der Waals surface area contributed by atoms with Gasteiger partial charge in [-0.15, -0.1) is 0 Å². The molecule has 374 valence electrons. The van der Waals surface area contributed by atoms with Crippen LogP contribution in [0.25, 0.3) is 55.6 Å². The summed E-state index contributed by atoms with van der Waals surface area (Å²) >= 11 is 0. The largest absolute Gasteiger partial charge is 0.310 e. The van der Waals surface area contributed by atoms with Crippen LogP contribution in [0.15, 0.2) is 206 Å². The molecule has 0 saturated heterocycles. The van der Waals surface area contributed by atoms with Crippen molar-refractivity contribution in [1.29, 1.82) is 0 Å². The molecule has 0 N–H and O–H groups in total. The molecule has 0 atom stereocenters. The minimum atomic E-state index is -0.306. The monoisotopic (exact) mass is 993 g/mol. The fourth-order valence-corrected chi connectivity index (χ4v) is 15.2. The molecule has 5 aliphatic carbocycles. The molecule has 5 aliphatic rings. The van der Waals surface area contributed by atoms with Crippen molar-refractivity contribution < 1.29 is 0 Å². The lowest BCUT2D eigenvalue weighted by atomic mass is 9.81. The third-order valence-corrected chi connectivity index (χ3v) is 19.5. The molecular weight excluding hydrogens is 929 g/mol. The Kier molecular flexibility index (Phi) is 9.27. The molecule has 0 bridgehead atoms. The van der Waals surface area contributed by atoms with Gasteiger partial charge in [-0.05, 0) is 184 Å². The Morgan fingerprint density at radius 3 is 0.675 bits per heavy atom. The van der Waals surface area contributed by atoms with Gasteiger partial charge in [0.1, 0.15) is 0 Å². The van der Waals surface area contributed by atoms with Gasteiger partial charge in [-0.3, -0.25) is 0 Å². The van der Waals surface area contributed by atoms with Gasteiger partial charge in [0.15, 0.2) is 0 Å². The molecule has 0 amide bonds. The number of fused-ring (bicyclic) bond motifs is 15. The lowest BCUT2D eigenvalue weighted by Gasteiger charge is -2.31. The molecule has 2 nitrogen and oxygen atoms in total. The van der Waals surface area contributed by atoms with Crippen LogP contribution in [0.4, 0.5) is 34.1 Å². The van der Waals surface area contributed by atoms with Gasteiger partial charge in [-0.25, -0.2) is 0 Å². The second kappa shape index (κ2) is 15.5. The smallest absolute Gasteiger partial charge is 0.0468 e. The molecule has 15 rings (SSSR count). The molecule has 10 aromatic carbocycles. The van der Waals surface area contributed by atoms with Gasteiger partial charge in [-0.1, -0.05) is 203 Å². The van der Waals surface area contributed by atoms with E-state index in [1.807, 2.05) is 0 Å². The molecule has 0 aromatic heterocycles. The van der Waals surface area contributed by atoms with E-state index in [2.05, 4.69) is 285 Å². The number of benzene rings is 10. The van der Waals surface area contributed by atoms with Crippen molar-refractivity contribution in [3.8, 4) is 55.6 Å². The van der Waals surface area contributed by atoms with Crippen LogP contribution in [0, 0.1) is 0 Å². The number of anilines is 6. The summed E-state index contributed by atoms with van der Waals surface area (Å²) in [6.45, 7) is 24.0. The molecule has 0 unspecified atom stereocenters. The van der Waals surface area contributed by atoms with Crippen LogP contribution in [0.5, 0.6) is 0 Å². The van der Waals surface area contributed by atoms with E-state index in [0.717, 1.165) is 17.1 Å². The second-order valence-corrected chi connectivity index (χ2v) is 25.4. The minimum absolute atomic E-state index is 0.0809. The fraction of sp³-hybridized carbons (Fsp3) is 0.200. The first-order valence-electron chi connectivity index (χ1n) is 27.8. The number of nitrogens with zero attached hydrogens (tertiary/aromatic N) is 2. The van der Waals surface area contributed by atoms with Crippen LogP contribution < -0.4 is 9.80 Å². The van der Waals surface area contributed by atoms with Crippen LogP contribution in [-0.4, -0.2) is 0 Å². The van der Waals surface area contributed by atoms with Crippen molar-refractivity contribution in [2.75, 3.05) is 9.80 Å². The summed E-state index contributed by atoms with van der Waals surface area (Å²) in [5.74, 6) is 0. The van der Waals surface area contributed by atoms with E-state index in [9.17, 15) is 0 Å². The highest BCUT2D eigenvalue weighted by atomic mass is 15.1. The Bertz CT molecular complexity index is 4100. The summed E-state index contributed by atoms with van der Waals surface area (Å²) in [4.78, 5) is 5.06. The summed E-state index contributed by atoms with van der Waals surface area (Å²) in [6, 6.07) is 79.4. The normalized spacial score (nSPS) is 16.7. The third kappa shape index (κ3) is 6.19. The van der Waals surface area contributed by atoms with Gasteiger partial charge in [0, 0.05) is 61.2 Å². The summed E-state index contributed by atoms with van der Waals surface area (Å²) in [7, 11) is 0. The van der Waals surface area contributed by atoms with E-state index in [1.54, 1.807) is 0 Å². The van der Waals surface area contributed by atoms with Gasteiger partial charge in [-0.2, -0.15) is 0 Å². The number of hydrogen-bond donors (Lipinski definition) is 0. The number of hydrogen-bond acceptors (Lipinski definition) is 2. The summed E-state index contributed by atoms with van der Waals surface area (Å²) in [5, 5.41) is 0. The molecule has 0 aliphatic heterocycles. The van der Waals surface area contributed by atoms with Crippen LogP contribution in [0.1, 0.15) is 125 Å². The average Bonchev–Trinajstić information content (AvgIpc) is 4.29. The Morgan fingerprint density at radius 1 is 0.182 bits per heavy atom. The highest BCUT2D eigenvalue weighted by molar-refractivity contribution is 5.94. The third-order valence-electron chi connectivity index (χ3n) is 19.5. The molecule has 2 heteroatoms. The maximum absolute atomic E-state index is 2.53. The first kappa shape index (κ1) is 46.1. The zero-order valence-corrected chi connectivity index (χ0v) is 46.0. The molecule has 77 heavy (non-hydrogen) atoms. The molecule has 10 aromatic rings. The van der Waals surface area contributed by atoms with Crippen molar-refractivity contribution in [2.24, 2.45) is 0 Å². The van der Waals surface area contributed by atoms with Crippen LogP contribution >= 0.6 is 0 Å². The first-order valence-corrected chi connectivity index (χ1v) is 27.8. The van der Waals surface area contributed by atoms with Gasteiger partial charge in [0.25, 0.3) is 0 Å². The Labute approximate surface area is 455 Å². The predicted molar refractivity (Wildman–Crippen MR) is 324 cm³/mol. The summed E-state index contributed by atoms with van der Waals surface area (Å²) < 4.78 is 0. The zero-order chi connectivity index (χ0) is 52.7. The highest BCUT2D eigenvalue weighted by Gasteiger charge is 2.42. The summed E-state index contributed by atoms with van der Waals surface area (Å²) in [6.07, 6.45) is 0. The van der Waals surface area contributed by atoms with E-state index in [4.69, 9.17) is 0 Å². The minimum Gasteiger partial charge on any atom is -0.310 e. The van der Waals surface area contributed by atoms with Crippen molar-refractivity contribution in [2.45, 2.75) is 96.3 Å². The lowest BCUT2D eigenvalue weighted by Crippen LogP contribution is -2.19. The van der Waals surface area contributed by atoms with Crippen LogP contribution in [-0.2, 0) is 27.1 Å². The predicted octanol–water partition coefficient (Wildman–Crippen LogP) is 20.2. The molecule has 0 spiro atoms. The molecule has 0 fully saturated rings. The highest BCUT2D eigenvalue weighted by Crippen LogP contribution is 2.58. The average molecular weight is 993 g/mol. The molecule has 0 heterocycles. The topological polar surface area (TPSA) is 6.48 Å². The van der Waals surface area contributed by atoms with Crippen LogP contribution in [0.2, 0.25) is 0 Å². The SMILES string of the molecule is CC1(C)c2ccccc2-c2cc(N(c3ccc4c(c3)C(C)(C)c3ccccc3-4)c3ccc4c(c3)C(C)(C)c3cc(N(c5ccc6c(c5)C(C)(C)c5ccccc5-6)c5ccc6c(c5)C(C)(C)c5ccccc5-6)ccc3-4)ccc21. The van der Waals surface area contributed by atoms with Gasteiger partial charge in [0.2, 0.25) is 0 Å². The fourth-order valence-electron chi connectivity index (χ4n) is 15.2. The Balaban J connectivity index is 0.876. The van der Waals surface area contributed by atoms with Crippen molar-refractivity contribution >= 4 is 34.1 Å². The van der Waals surface area contributed by atoms with E-state index in [1.165, 1.54) is 128 Å². The van der Waals surface area contributed by atoms with Gasteiger partial charge < -0.3 is 9.80 Å². The molecular formula is C75H64N2. The van der Waals surface area contributed by atoms with Crippen molar-refractivity contribution in [3.05, 3.63) is 262 Å². The quantitative estimate of drug-likeness (QED) is 0.164. The maximum atomic E-state index is 2.53. The molecule has 0 saturated carbocycles. The second-order valence-electron chi connectivity index (χ2n) is 25.4. The Hall–Kier alpha value is -8.20. The standard InChI is InChI=1S/C75H64N2/c1-71(2)64-26-18-14-22-54(64)60-39-45(32-38-65(60)71)76(46-27-33-55-51-19-11-15-23-61(51)72(3,4)66(55)40-46)47-30-36-58-59-37-31-50(44-70(59)75(9,10)69(58)43-47)77(48-28-34-56-52-20-12-16-24-62(52)73(5,6)67(56)41-48)49-29-35-57-53-21-13-17-25-63(53)74(7,8)68(57)42-49/h11-44H,1-10H3. The number of rotatable bonds is 6. The van der Waals surface area contributed by atoms with Crippen LogP contribution in [0.3, 0.4) is 0 Å². The van der Waals surface area contributed by atoms with Crippen molar-refractivity contribution in [1.82, 2.24) is 0 Å². The van der Waals surface area contributed by atoms with E-state index >= 15 is 0 Å². The van der Waals surface area contributed by atoms with Gasteiger partial charge in [0.05, 0.1) is 0 Å². The first-order chi connectivity index (χ1) is 37.0. The van der Waals surface area contributed by atoms with E-state index in [0.29, 0.717) is 0 Å².